The number of hydrogen-bond donors (Lipinski definition) is 2. The van der Waals surface area contributed by atoms with Crippen molar-refractivity contribution in [2.24, 2.45) is 0 Å². The van der Waals surface area contributed by atoms with Gasteiger partial charge in [0.15, 0.2) is 0 Å². The van der Waals surface area contributed by atoms with E-state index in [1.54, 1.807) is 0 Å². The summed E-state index contributed by atoms with van der Waals surface area (Å²) in [5, 5.41) is 6.02. The lowest BCUT2D eigenvalue weighted by atomic mass is 10.2. The summed E-state index contributed by atoms with van der Waals surface area (Å²) in [7, 11) is 0. The van der Waals surface area contributed by atoms with Gasteiger partial charge in [-0.3, -0.25) is 4.79 Å². The van der Waals surface area contributed by atoms with Gasteiger partial charge in [0.25, 0.3) is 0 Å². The van der Waals surface area contributed by atoms with E-state index in [0.717, 1.165) is 17.7 Å². The number of carbonyl (C=O) groups is 1. The molecule has 1 amide bonds. The fourth-order valence-electron chi connectivity index (χ4n) is 1.34. The Labute approximate surface area is 97.2 Å². The number of benzene rings is 1. The summed E-state index contributed by atoms with van der Waals surface area (Å²) < 4.78 is 0. The van der Waals surface area contributed by atoms with Crippen molar-refractivity contribution in [1.29, 1.82) is 0 Å². The molecule has 1 atom stereocenters. The van der Waals surface area contributed by atoms with E-state index in [9.17, 15) is 4.79 Å². The van der Waals surface area contributed by atoms with Crippen LogP contribution in [0.15, 0.2) is 24.3 Å². The van der Waals surface area contributed by atoms with Gasteiger partial charge in [-0.05, 0) is 38.0 Å². The SMILES string of the molecule is CCC(C)NCC(=O)Nc1cccc(C)c1. The molecule has 0 aromatic heterocycles. The lowest BCUT2D eigenvalue weighted by Crippen LogP contribution is -2.33. The third kappa shape index (κ3) is 4.45. The molecule has 1 unspecified atom stereocenters. The van der Waals surface area contributed by atoms with Crippen LogP contribution in [0.2, 0.25) is 0 Å². The predicted octanol–water partition coefficient (Wildman–Crippen LogP) is 2.32. The molecule has 1 aromatic rings. The Hall–Kier alpha value is -1.35. The maximum Gasteiger partial charge on any atom is 0.238 e. The zero-order valence-electron chi connectivity index (χ0n) is 10.2. The van der Waals surface area contributed by atoms with E-state index in [-0.39, 0.29) is 5.91 Å². The zero-order valence-corrected chi connectivity index (χ0v) is 10.2. The second-order valence-corrected chi connectivity index (χ2v) is 4.11. The lowest BCUT2D eigenvalue weighted by molar-refractivity contribution is -0.115. The van der Waals surface area contributed by atoms with Crippen LogP contribution in [0.25, 0.3) is 0 Å². The Bertz CT molecular complexity index is 350. The fraction of sp³-hybridized carbons (Fsp3) is 0.462. The monoisotopic (exact) mass is 220 g/mol. The number of aryl methyl sites for hydroxylation is 1. The van der Waals surface area contributed by atoms with Gasteiger partial charge in [0.1, 0.15) is 0 Å². The Balaban J connectivity index is 2.40. The van der Waals surface area contributed by atoms with Crippen molar-refractivity contribution in [3.63, 3.8) is 0 Å². The zero-order chi connectivity index (χ0) is 12.0. The molecule has 0 aliphatic heterocycles. The Morgan fingerprint density at radius 1 is 1.44 bits per heavy atom. The minimum absolute atomic E-state index is 0.00546. The first-order valence-electron chi connectivity index (χ1n) is 5.71. The van der Waals surface area contributed by atoms with Crippen LogP contribution in [0.5, 0.6) is 0 Å². The van der Waals surface area contributed by atoms with E-state index < -0.39 is 0 Å². The van der Waals surface area contributed by atoms with E-state index in [1.165, 1.54) is 0 Å². The summed E-state index contributed by atoms with van der Waals surface area (Å²) in [5.41, 5.74) is 2.00. The molecule has 0 saturated carbocycles. The van der Waals surface area contributed by atoms with Crippen LogP contribution in [0.1, 0.15) is 25.8 Å². The molecular formula is C13H20N2O. The maximum atomic E-state index is 11.6. The van der Waals surface area contributed by atoms with Gasteiger partial charge in [0.2, 0.25) is 5.91 Å². The van der Waals surface area contributed by atoms with Crippen LogP contribution in [-0.4, -0.2) is 18.5 Å². The van der Waals surface area contributed by atoms with Gasteiger partial charge in [0, 0.05) is 11.7 Å². The highest BCUT2D eigenvalue weighted by atomic mass is 16.1. The molecule has 1 rings (SSSR count). The van der Waals surface area contributed by atoms with Crippen molar-refractivity contribution >= 4 is 11.6 Å². The number of nitrogens with one attached hydrogen (secondary N) is 2. The van der Waals surface area contributed by atoms with Gasteiger partial charge >= 0.3 is 0 Å². The minimum Gasteiger partial charge on any atom is -0.325 e. The fourth-order valence-corrected chi connectivity index (χ4v) is 1.34. The van der Waals surface area contributed by atoms with Crippen molar-refractivity contribution in [2.45, 2.75) is 33.2 Å². The lowest BCUT2D eigenvalue weighted by Gasteiger charge is -2.11. The van der Waals surface area contributed by atoms with Gasteiger partial charge in [-0.1, -0.05) is 19.1 Å². The number of amides is 1. The standard InChI is InChI=1S/C13H20N2O/c1-4-11(3)14-9-13(16)15-12-7-5-6-10(2)8-12/h5-8,11,14H,4,9H2,1-3H3,(H,15,16). The smallest absolute Gasteiger partial charge is 0.238 e. The van der Waals surface area contributed by atoms with Gasteiger partial charge < -0.3 is 10.6 Å². The first-order valence-corrected chi connectivity index (χ1v) is 5.71. The van der Waals surface area contributed by atoms with E-state index in [0.29, 0.717) is 12.6 Å². The second kappa shape index (κ2) is 6.28. The predicted molar refractivity (Wildman–Crippen MR) is 67.6 cm³/mol. The van der Waals surface area contributed by atoms with Crippen LogP contribution < -0.4 is 10.6 Å². The number of anilines is 1. The van der Waals surface area contributed by atoms with E-state index in [1.807, 2.05) is 31.2 Å². The van der Waals surface area contributed by atoms with Crippen molar-refractivity contribution in [2.75, 3.05) is 11.9 Å². The summed E-state index contributed by atoms with van der Waals surface area (Å²) >= 11 is 0. The Morgan fingerprint density at radius 2 is 2.19 bits per heavy atom. The van der Waals surface area contributed by atoms with E-state index in [4.69, 9.17) is 0 Å². The third-order valence-electron chi connectivity index (χ3n) is 2.53. The Morgan fingerprint density at radius 3 is 2.81 bits per heavy atom. The molecule has 0 aliphatic carbocycles. The first kappa shape index (κ1) is 12.7. The maximum absolute atomic E-state index is 11.6. The van der Waals surface area contributed by atoms with Crippen LogP contribution in [0, 0.1) is 6.92 Å². The number of rotatable bonds is 5. The molecule has 2 N–H and O–H groups in total. The quantitative estimate of drug-likeness (QED) is 0.799. The van der Waals surface area contributed by atoms with Crippen molar-refractivity contribution in [3.8, 4) is 0 Å². The van der Waals surface area contributed by atoms with Gasteiger partial charge in [-0.25, -0.2) is 0 Å². The van der Waals surface area contributed by atoms with Crippen molar-refractivity contribution < 1.29 is 4.79 Å². The summed E-state index contributed by atoms with van der Waals surface area (Å²) in [5.74, 6) is 0.00546. The first-order chi connectivity index (χ1) is 7.61. The molecule has 0 spiro atoms. The van der Waals surface area contributed by atoms with Crippen molar-refractivity contribution in [1.82, 2.24) is 5.32 Å². The average molecular weight is 220 g/mol. The molecule has 0 bridgehead atoms. The highest BCUT2D eigenvalue weighted by Crippen LogP contribution is 2.08. The molecule has 3 heteroatoms. The summed E-state index contributed by atoms with van der Waals surface area (Å²) in [6, 6.07) is 8.18. The Kier molecular flexibility index (Phi) is 4.99. The average Bonchev–Trinajstić information content (AvgIpc) is 2.26. The molecule has 3 nitrogen and oxygen atoms in total. The highest BCUT2D eigenvalue weighted by Gasteiger charge is 2.04. The van der Waals surface area contributed by atoms with Crippen LogP contribution >= 0.6 is 0 Å². The van der Waals surface area contributed by atoms with Gasteiger partial charge in [-0.15, -0.1) is 0 Å². The van der Waals surface area contributed by atoms with Gasteiger partial charge in [-0.2, -0.15) is 0 Å². The normalized spacial score (nSPS) is 12.2. The van der Waals surface area contributed by atoms with Crippen LogP contribution in [0.4, 0.5) is 5.69 Å². The molecular weight excluding hydrogens is 200 g/mol. The molecule has 88 valence electrons. The topological polar surface area (TPSA) is 41.1 Å². The van der Waals surface area contributed by atoms with Crippen LogP contribution in [0.3, 0.4) is 0 Å². The number of hydrogen-bond acceptors (Lipinski definition) is 2. The summed E-state index contributed by atoms with van der Waals surface area (Å²) in [6.45, 7) is 6.53. The molecule has 0 saturated heterocycles. The number of carbonyl (C=O) groups excluding carboxylic acids is 1. The van der Waals surface area contributed by atoms with Gasteiger partial charge in [0.05, 0.1) is 6.54 Å². The largest absolute Gasteiger partial charge is 0.325 e. The molecule has 0 radical (unpaired) electrons. The third-order valence-corrected chi connectivity index (χ3v) is 2.53. The molecule has 0 aliphatic rings. The van der Waals surface area contributed by atoms with Crippen molar-refractivity contribution in [3.05, 3.63) is 29.8 Å². The second-order valence-electron chi connectivity index (χ2n) is 4.11. The highest BCUT2D eigenvalue weighted by molar-refractivity contribution is 5.92. The summed E-state index contributed by atoms with van der Waals surface area (Å²) in [4.78, 5) is 11.6. The molecule has 1 aromatic carbocycles. The molecule has 0 fully saturated rings. The minimum atomic E-state index is 0.00546. The summed E-state index contributed by atoms with van der Waals surface area (Å²) in [6.07, 6.45) is 1.03. The van der Waals surface area contributed by atoms with Crippen LogP contribution in [-0.2, 0) is 4.79 Å². The molecule has 16 heavy (non-hydrogen) atoms. The molecule has 0 heterocycles. The van der Waals surface area contributed by atoms with E-state index >= 15 is 0 Å². The van der Waals surface area contributed by atoms with E-state index in [2.05, 4.69) is 24.5 Å².